The maximum Gasteiger partial charge on any atom is 0.286 e. The van der Waals surface area contributed by atoms with Crippen LogP contribution in [-0.2, 0) is 11.3 Å². The minimum atomic E-state index is -0.896. The molecule has 2 heterocycles. The Morgan fingerprint density at radius 1 is 1.63 bits per heavy atom. The van der Waals surface area contributed by atoms with Gasteiger partial charge in [-0.2, -0.15) is 0 Å². The zero-order valence-corrected chi connectivity index (χ0v) is 11.0. The van der Waals surface area contributed by atoms with Crippen LogP contribution in [0.2, 0.25) is 0 Å². The van der Waals surface area contributed by atoms with Gasteiger partial charge in [-0.15, -0.1) is 11.6 Å². The fraction of sp³-hybridized carbons (Fsp3) is 0.455. The van der Waals surface area contributed by atoms with Crippen LogP contribution in [0.15, 0.2) is 17.1 Å². The highest BCUT2D eigenvalue weighted by molar-refractivity contribution is 6.20. The molecule has 0 aromatic carbocycles. The summed E-state index contributed by atoms with van der Waals surface area (Å²) in [7, 11) is 0. The van der Waals surface area contributed by atoms with Crippen molar-refractivity contribution in [3.8, 4) is 0 Å². The number of carbonyl (C=O) groups is 1. The van der Waals surface area contributed by atoms with Gasteiger partial charge in [0.05, 0.1) is 11.2 Å². The van der Waals surface area contributed by atoms with Gasteiger partial charge in [0.1, 0.15) is 6.04 Å². The SMILES string of the molecule is CCn1cc(NC(=O)C2CC(Cl)NN2)cc(F)c1=O. The predicted molar refractivity (Wildman–Crippen MR) is 69.3 cm³/mol. The minimum Gasteiger partial charge on any atom is -0.323 e. The molecule has 0 radical (unpaired) electrons. The van der Waals surface area contributed by atoms with E-state index < -0.39 is 17.4 Å². The van der Waals surface area contributed by atoms with E-state index in [2.05, 4.69) is 16.2 Å². The Hall–Kier alpha value is -1.44. The van der Waals surface area contributed by atoms with E-state index in [1.165, 1.54) is 10.8 Å². The molecule has 2 atom stereocenters. The van der Waals surface area contributed by atoms with Gasteiger partial charge in [-0.1, -0.05) is 0 Å². The molecule has 0 bridgehead atoms. The first kappa shape index (κ1) is 14.0. The summed E-state index contributed by atoms with van der Waals surface area (Å²) in [6, 6.07) is 0.514. The van der Waals surface area contributed by atoms with Gasteiger partial charge in [-0.3, -0.25) is 9.59 Å². The molecule has 19 heavy (non-hydrogen) atoms. The van der Waals surface area contributed by atoms with Crippen molar-refractivity contribution in [1.29, 1.82) is 0 Å². The average molecular weight is 289 g/mol. The first-order valence-electron chi connectivity index (χ1n) is 5.87. The van der Waals surface area contributed by atoms with Crippen molar-refractivity contribution in [2.75, 3.05) is 5.32 Å². The number of aromatic nitrogens is 1. The quantitative estimate of drug-likeness (QED) is 0.555. The van der Waals surface area contributed by atoms with E-state index in [0.717, 1.165) is 6.07 Å². The molecule has 2 rings (SSSR count). The minimum absolute atomic E-state index is 0.240. The number of nitrogens with zero attached hydrogens (tertiary/aromatic N) is 1. The number of hydrogen-bond donors (Lipinski definition) is 3. The molecule has 1 aromatic rings. The number of alkyl halides is 1. The summed E-state index contributed by atoms with van der Waals surface area (Å²) in [5, 5.41) is 2.55. The van der Waals surface area contributed by atoms with E-state index in [1.54, 1.807) is 6.92 Å². The first-order chi connectivity index (χ1) is 9.01. The zero-order chi connectivity index (χ0) is 14.0. The second-order valence-corrected chi connectivity index (χ2v) is 4.73. The standard InChI is InChI=1S/C11H14ClFN4O2/c1-2-17-5-6(3-7(13)11(17)19)14-10(18)8-4-9(12)16-15-8/h3,5,8-9,15-16H,2,4H2,1H3,(H,14,18). The summed E-state index contributed by atoms with van der Waals surface area (Å²) in [5.41, 5.74) is 4.64. The maximum absolute atomic E-state index is 13.4. The third-order valence-corrected chi connectivity index (χ3v) is 3.11. The predicted octanol–water partition coefficient (Wildman–Crippen LogP) is 0.377. The first-order valence-corrected chi connectivity index (χ1v) is 6.31. The fourth-order valence-electron chi connectivity index (χ4n) is 1.82. The number of aryl methyl sites for hydroxylation is 1. The number of hydrogen-bond acceptors (Lipinski definition) is 4. The van der Waals surface area contributed by atoms with Crippen LogP contribution in [0.1, 0.15) is 13.3 Å². The van der Waals surface area contributed by atoms with Crippen LogP contribution >= 0.6 is 11.6 Å². The van der Waals surface area contributed by atoms with E-state index in [0.29, 0.717) is 13.0 Å². The van der Waals surface area contributed by atoms with Crippen molar-refractivity contribution in [3.05, 3.63) is 28.4 Å². The van der Waals surface area contributed by atoms with Crippen LogP contribution in [0.5, 0.6) is 0 Å². The van der Waals surface area contributed by atoms with Gasteiger partial charge in [-0.05, 0) is 6.92 Å². The second kappa shape index (κ2) is 5.68. The molecule has 6 nitrogen and oxygen atoms in total. The Bertz CT molecular complexity index is 548. The van der Waals surface area contributed by atoms with E-state index in [9.17, 15) is 14.0 Å². The van der Waals surface area contributed by atoms with Gasteiger partial charge in [0, 0.05) is 25.2 Å². The Balaban J connectivity index is 2.13. The molecular weight excluding hydrogens is 275 g/mol. The lowest BCUT2D eigenvalue weighted by Gasteiger charge is -2.12. The number of hydrazine groups is 1. The lowest BCUT2D eigenvalue weighted by molar-refractivity contribution is -0.117. The molecule has 1 aliphatic heterocycles. The van der Waals surface area contributed by atoms with Crippen molar-refractivity contribution in [2.45, 2.75) is 31.4 Å². The highest BCUT2D eigenvalue weighted by Crippen LogP contribution is 2.12. The third-order valence-electron chi connectivity index (χ3n) is 2.82. The van der Waals surface area contributed by atoms with Gasteiger partial charge in [0.15, 0.2) is 5.82 Å². The van der Waals surface area contributed by atoms with Gasteiger partial charge in [-0.25, -0.2) is 15.2 Å². The normalized spacial score (nSPS) is 22.5. The monoisotopic (exact) mass is 288 g/mol. The van der Waals surface area contributed by atoms with Crippen LogP contribution in [0.3, 0.4) is 0 Å². The lowest BCUT2D eigenvalue weighted by atomic mass is 10.2. The van der Waals surface area contributed by atoms with Crippen molar-refractivity contribution >= 4 is 23.2 Å². The number of nitrogens with one attached hydrogen (secondary N) is 3. The van der Waals surface area contributed by atoms with Crippen molar-refractivity contribution < 1.29 is 9.18 Å². The van der Waals surface area contributed by atoms with Gasteiger partial charge in [0.2, 0.25) is 5.91 Å². The Labute approximate surface area is 113 Å². The summed E-state index contributed by atoms with van der Waals surface area (Å²) < 4.78 is 14.6. The van der Waals surface area contributed by atoms with Crippen LogP contribution in [0.4, 0.5) is 10.1 Å². The zero-order valence-electron chi connectivity index (χ0n) is 10.2. The highest BCUT2D eigenvalue weighted by atomic mass is 35.5. The molecule has 1 saturated heterocycles. The molecule has 1 fully saturated rings. The van der Waals surface area contributed by atoms with Crippen LogP contribution < -0.4 is 21.7 Å². The fourth-order valence-corrected chi connectivity index (χ4v) is 2.06. The largest absolute Gasteiger partial charge is 0.323 e. The number of pyridine rings is 1. The highest BCUT2D eigenvalue weighted by Gasteiger charge is 2.28. The summed E-state index contributed by atoms with van der Waals surface area (Å²) >= 11 is 5.79. The number of halogens is 2. The molecular formula is C11H14ClFN4O2. The summed E-state index contributed by atoms with van der Waals surface area (Å²) in [6.45, 7) is 2.04. The van der Waals surface area contributed by atoms with Crippen molar-refractivity contribution in [1.82, 2.24) is 15.4 Å². The smallest absolute Gasteiger partial charge is 0.286 e. The average Bonchev–Trinajstić information content (AvgIpc) is 2.80. The van der Waals surface area contributed by atoms with Gasteiger partial charge >= 0.3 is 0 Å². The molecule has 3 N–H and O–H groups in total. The summed E-state index contributed by atoms with van der Waals surface area (Å²) in [6.07, 6.45) is 1.83. The molecule has 1 amide bonds. The number of anilines is 1. The number of rotatable bonds is 3. The van der Waals surface area contributed by atoms with E-state index in [-0.39, 0.29) is 17.1 Å². The Morgan fingerprint density at radius 2 is 2.37 bits per heavy atom. The molecule has 1 aliphatic rings. The molecule has 104 valence electrons. The van der Waals surface area contributed by atoms with E-state index >= 15 is 0 Å². The Morgan fingerprint density at radius 3 is 2.95 bits per heavy atom. The van der Waals surface area contributed by atoms with Crippen LogP contribution in [0, 0.1) is 5.82 Å². The topological polar surface area (TPSA) is 75.2 Å². The molecule has 0 aliphatic carbocycles. The number of amides is 1. The summed E-state index contributed by atoms with van der Waals surface area (Å²) in [5.74, 6) is -1.23. The van der Waals surface area contributed by atoms with E-state index in [1.807, 2.05) is 0 Å². The maximum atomic E-state index is 13.4. The van der Waals surface area contributed by atoms with Gasteiger partial charge < -0.3 is 9.88 Å². The summed E-state index contributed by atoms with van der Waals surface area (Å²) in [4.78, 5) is 23.2. The molecule has 8 heteroatoms. The van der Waals surface area contributed by atoms with Crippen molar-refractivity contribution in [3.63, 3.8) is 0 Å². The molecule has 0 spiro atoms. The third kappa shape index (κ3) is 3.12. The van der Waals surface area contributed by atoms with Gasteiger partial charge in [0.25, 0.3) is 5.56 Å². The van der Waals surface area contributed by atoms with Crippen LogP contribution in [0.25, 0.3) is 0 Å². The van der Waals surface area contributed by atoms with Crippen LogP contribution in [-0.4, -0.2) is 22.0 Å². The molecule has 1 aromatic heterocycles. The number of carbonyl (C=O) groups excluding carboxylic acids is 1. The molecule has 2 unspecified atom stereocenters. The van der Waals surface area contributed by atoms with E-state index in [4.69, 9.17) is 11.6 Å². The Kier molecular flexibility index (Phi) is 4.18. The molecule has 0 saturated carbocycles. The van der Waals surface area contributed by atoms with Crippen molar-refractivity contribution in [2.24, 2.45) is 0 Å². The second-order valence-electron chi connectivity index (χ2n) is 4.20. The lowest BCUT2D eigenvalue weighted by Crippen LogP contribution is -2.40.